The Balaban J connectivity index is 1.28. The van der Waals surface area contributed by atoms with Crippen LogP contribution in [-0.2, 0) is 4.79 Å². The van der Waals surface area contributed by atoms with E-state index in [9.17, 15) is 15.0 Å². The molecule has 4 fully saturated rings. The minimum atomic E-state index is -1.46. The van der Waals surface area contributed by atoms with E-state index in [-0.39, 0.29) is 30.6 Å². The van der Waals surface area contributed by atoms with Crippen LogP contribution in [0.3, 0.4) is 0 Å². The molecule has 8 rings (SSSR count). The average Bonchev–Trinajstić information content (AvgIpc) is 3.38. The number of aromatic nitrogens is 4. The molecule has 3 unspecified atom stereocenters. The summed E-state index contributed by atoms with van der Waals surface area (Å²) in [5.74, 6) is 7.06. The Hall–Kier alpha value is -3.97. The quantitative estimate of drug-likeness (QED) is 0.279. The highest BCUT2D eigenvalue weighted by Crippen LogP contribution is 2.66. The summed E-state index contributed by atoms with van der Waals surface area (Å²) in [5, 5.41) is 29.0. The van der Waals surface area contributed by atoms with Crippen LogP contribution in [-0.4, -0.2) is 60.4 Å². The molecule has 4 aromatic rings. The van der Waals surface area contributed by atoms with E-state index in [0.717, 1.165) is 12.0 Å². The fourth-order valence-electron chi connectivity index (χ4n) is 6.53. The molecule has 40 heavy (non-hydrogen) atoms. The van der Waals surface area contributed by atoms with E-state index in [0.29, 0.717) is 27.9 Å². The Bertz CT molecular complexity index is 1710. The summed E-state index contributed by atoms with van der Waals surface area (Å²) in [5.41, 5.74) is 0.522. The molecule has 0 radical (unpaired) electrons. The van der Waals surface area contributed by atoms with Crippen molar-refractivity contribution in [1.82, 2.24) is 24.8 Å². The van der Waals surface area contributed by atoms with Gasteiger partial charge in [0.05, 0.1) is 23.9 Å². The number of fused-ring (bicyclic) bond motifs is 2. The Morgan fingerprint density at radius 3 is 2.73 bits per heavy atom. The molecular weight excluding hydrogens is 528 g/mol. The van der Waals surface area contributed by atoms with Crippen molar-refractivity contribution < 1.29 is 15.0 Å². The van der Waals surface area contributed by atoms with E-state index in [1.807, 2.05) is 30.3 Å². The van der Waals surface area contributed by atoms with E-state index in [2.05, 4.69) is 39.6 Å². The number of nitrogens with zero attached hydrogens (tertiary/aromatic N) is 4. The molecule has 4 saturated carbocycles. The lowest BCUT2D eigenvalue weighted by atomic mass is 9.63. The first-order chi connectivity index (χ1) is 19.3. The lowest BCUT2D eigenvalue weighted by Gasteiger charge is -2.48. The van der Waals surface area contributed by atoms with Gasteiger partial charge in [-0.05, 0) is 48.9 Å². The van der Waals surface area contributed by atoms with Crippen molar-refractivity contribution >= 4 is 34.5 Å². The fraction of sp³-hybridized carbons (Fsp3) is 0.333. The molecule has 0 spiro atoms. The van der Waals surface area contributed by atoms with Crippen LogP contribution < -0.4 is 10.6 Å². The SMILES string of the molecule is CNC(=O)C12C[C@@H](n3cnc4c(NC5CC5c5ccccc5)nc(C#Cc5cccc(Cl)c5)nc43)[C@](O)(C1)[C@@H]2O. The average molecular weight is 555 g/mol. The van der Waals surface area contributed by atoms with Gasteiger partial charge in [0.15, 0.2) is 17.0 Å². The minimum absolute atomic E-state index is 0.170. The zero-order chi connectivity index (χ0) is 27.6. The van der Waals surface area contributed by atoms with Crippen molar-refractivity contribution in [2.45, 2.75) is 49.0 Å². The molecular formula is C30H27ClN6O3. The molecule has 2 aromatic heterocycles. The van der Waals surface area contributed by atoms with Crippen LogP contribution in [0.5, 0.6) is 0 Å². The molecule has 10 heteroatoms. The number of hydrogen-bond donors (Lipinski definition) is 4. The van der Waals surface area contributed by atoms with E-state index >= 15 is 0 Å². The highest BCUT2D eigenvalue weighted by atomic mass is 35.5. The Morgan fingerprint density at radius 2 is 1.98 bits per heavy atom. The number of halogens is 1. The van der Waals surface area contributed by atoms with Crippen LogP contribution in [0.2, 0.25) is 5.02 Å². The number of benzene rings is 2. The Kier molecular flexibility index (Phi) is 5.65. The number of aliphatic hydroxyl groups is 2. The number of hydrogen-bond acceptors (Lipinski definition) is 7. The van der Waals surface area contributed by atoms with Gasteiger partial charge >= 0.3 is 0 Å². The Labute approximate surface area is 235 Å². The summed E-state index contributed by atoms with van der Waals surface area (Å²) < 4.78 is 1.76. The van der Waals surface area contributed by atoms with Gasteiger partial charge < -0.3 is 25.4 Å². The molecule has 9 nitrogen and oxygen atoms in total. The van der Waals surface area contributed by atoms with Gasteiger partial charge in [-0.25, -0.2) is 15.0 Å². The van der Waals surface area contributed by atoms with Gasteiger partial charge in [-0.1, -0.05) is 53.9 Å². The molecule has 2 aromatic carbocycles. The maximum Gasteiger partial charge on any atom is 0.228 e. The summed E-state index contributed by atoms with van der Waals surface area (Å²) in [7, 11) is 1.54. The van der Waals surface area contributed by atoms with Crippen molar-refractivity contribution in [1.29, 1.82) is 0 Å². The van der Waals surface area contributed by atoms with Gasteiger partial charge in [-0.2, -0.15) is 0 Å². The maximum atomic E-state index is 12.7. The lowest BCUT2D eigenvalue weighted by Crippen LogP contribution is -2.64. The van der Waals surface area contributed by atoms with Gasteiger partial charge in [0.2, 0.25) is 11.7 Å². The van der Waals surface area contributed by atoms with Crippen LogP contribution in [0.25, 0.3) is 11.2 Å². The summed E-state index contributed by atoms with van der Waals surface area (Å²) in [6, 6.07) is 17.2. The predicted octanol–water partition coefficient (Wildman–Crippen LogP) is 3.02. The van der Waals surface area contributed by atoms with Gasteiger partial charge in [0.25, 0.3) is 0 Å². The van der Waals surface area contributed by atoms with E-state index in [1.165, 1.54) is 12.6 Å². The maximum absolute atomic E-state index is 12.7. The van der Waals surface area contributed by atoms with Crippen LogP contribution >= 0.6 is 11.6 Å². The van der Waals surface area contributed by atoms with E-state index in [4.69, 9.17) is 21.6 Å². The van der Waals surface area contributed by atoms with Gasteiger partial charge in [-0.15, -0.1) is 0 Å². The molecule has 0 saturated heterocycles. The first-order valence-electron chi connectivity index (χ1n) is 13.3. The number of nitrogens with one attached hydrogen (secondary N) is 2. The number of carbonyl (C=O) groups is 1. The molecule has 202 valence electrons. The van der Waals surface area contributed by atoms with Crippen molar-refractivity contribution in [2.24, 2.45) is 5.41 Å². The van der Waals surface area contributed by atoms with Crippen molar-refractivity contribution in [2.75, 3.05) is 12.4 Å². The summed E-state index contributed by atoms with van der Waals surface area (Å²) >= 11 is 6.13. The highest BCUT2D eigenvalue weighted by Gasteiger charge is 2.76. The molecule has 4 aliphatic rings. The van der Waals surface area contributed by atoms with Crippen molar-refractivity contribution in [3.8, 4) is 11.8 Å². The molecule has 2 bridgehead atoms. The summed E-state index contributed by atoms with van der Waals surface area (Å²) in [4.78, 5) is 26.7. The zero-order valence-electron chi connectivity index (χ0n) is 21.7. The minimum Gasteiger partial charge on any atom is -0.389 e. The second-order valence-electron chi connectivity index (χ2n) is 11.0. The predicted molar refractivity (Wildman–Crippen MR) is 150 cm³/mol. The number of aliphatic hydroxyl groups excluding tert-OH is 1. The second-order valence-corrected chi connectivity index (χ2v) is 11.4. The van der Waals surface area contributed by atoms with Gasteiger partial charge in [0, 0.05) is 29.6 Å². The van der Waals surface area contributed by atoms with Crippen LogP contribution in [0.4, 0.5) is 5.82 Å². The van der Waals surface area contributed by atoms with Crippen LogP contribution in [0.15, 0.2) is 60.9 Å². The third-order valence-corrected chi connectivity index (χ3v) is 8.89. The van der Waals surface area contributed by atoms with E-state index in [1.54, 1.807) is 23.0 Å². The van der Waals surface area contributed by atoms with Gasteiger partial charge in [-0.3, -0.25) is 4.79 Å². The standard InChI is InChI=1S/C30H27ClN6O3/c1-32-28(39)29-14-22(30(40,15-29)27(29)38)37-16-33-24-25(34-21-13-20(21)18-7-3-2-4-8-18)35-23(36-26(24)37)11-10-17-6-5-9-19(31)12-17/h2-9,12,16,20-22,27,38,40H,13-15H2,1H3,(H,32,39)(H,34,35,36)/t20?,21?,22-,27-,29?,30-/m1/s1. The van der Waals surface area contributed by atoms with Gasteiger partial charge in [0.1, 0.15) is 5.60 Å². The first-order valence-corrected chi connectivity index (χ1v) is 13.7. The third kappa shape index (κ3) is 3.79. The number of imidazole rings is 1. The number of carbonyl (C=O) groups excluding carboxylic acids is 1. The molecule has 0 aliphatic heterocycles. The monoisotopic (exact) mass is 554 g/mol. The number of anilines is 1. The van der Waals surface area contributed by atoms with Crippen LogP contribution in [0.1, 0.15) is 48.2 Å². The fourth-order valence-corrected chi connectivity index (χ4v) is 6.72. The summed E-state index contributed by atoms with van der Waals surface area (Å²) in [6.45, 7) is 0. The number of amides is 1. The van der Waals surface area contributed by atoms with Crippen molar-refractivity contribution in [3.05, 3.63) is 82.9 Å². The molecule has 2 heterocycles. The van der Waals surface area contributed by atoms with E-state index < -0.39 is 23.2 Å². The third-order valence-electron chi connectivity index (χ3n) is 8.65. The normalized spacial score (nSPS) is 29.8. The first kappa shape index (κ1) is 25.0. The topological polar surface area (TPSA) is 125 Å². The molecule has 4 aliphatic carbocycles. The zero-order valence-corrected chi connectivity index (χ0v) is 22.4. The Morgan fingerprint density at radius 1 is 1.15 bits per heavy atom. The molecule has 4 N–H and O–H groups in total. The smallest absolute Gasteiger partial charge is 0.228 e. The largest absolute Gasteiger partial charge is 0.389 e. The lowest BCUT2D eigenvalue weighted by molar-refractivity contribution is -0.199. The number of rotatable bonds is 5. The molecule has 6 atom stereocenters. The summed E-state index contributed by atoms with van der Waals surface area (Å²) in [6.07, 6.45) is 1.83. The van der Waals surface area contributed by atoms with Crippen molar-refractivity contribution in [3.63, 3.8) is 0 Å². The molecule has 1 amide bonds. The second kappa shape index (κ2) is 9.03. The highest BCUT2D eigenvalue weighted by molar-refractivity contribution is 6.30. The van der Waals surface area contributed by atoms with Crippen LogP contribution in [0, 0.1) is 17.3 Å².